The molecule has 10 heteroatoms. The first kappa shape index (κ1) is 21.0. The van der Waals surface area contributed by atoms with Crippen LogP contribution in [0.25, 0.3) is 5.82 Å². The molecule has 0 saturated heterocycles. The number of rotatable bonds is 4. The van der Waals surface area contributed by atoms with Crippen LogP contribution >= 0.6 is 23.2 Å². The number of amides is 3. The highest BCUT2D eigenvalue weighted by Crippen LogP contribution is 2.27. The number of nitrogens with one attached hydrogen (secondary N) is 1. The molecule has 0 unspecified atom stereocenters. The molecule has 0 saturated carbocycles. The monoisotopic (exact) mass is 457 g/mol. The molecule has 0 fully saturated rings. The zero-order valence-corrected chi connectivity index (χ0v) is 18.3. The Morgan fingerprint density at radius 1 is 1.06 bits per heavy atom. The first-order chi connectivity index (χ1) is 14.7. The number of fused-ring (bicyclic) bond motifs is 1. The Hall–Kier alpha value is -3.23. The minimum Gasteiger partial charge on any atom is -0.306 e. The van der Waals surface area contributed by atoms with Crippen LogP contribution in [0.3, 0.4) is 0 Å². The number of aryl methyl sites for hydroxylation is 1. The van der Waals surface area contributed by atoms with Crippen molar-refractivity contribution < 1.29 is 14.4 Å². The van der Waals surface area contributed by atoms with Crippen molar-refractivity contribution in [3.63, 3.8) is 0 Å². The Kier molecular flexibility index (Phi) is 5.28. The van der Waals surface area contributed by atoms with Gasteiger partial charge in [0.15, 0.2) is 5.82 Å². The van der Waals surface area contributed by atoms with Crippen LogP contribution in [0, 0.1) is 6.92 Å². The quantitative estimate of drug-likeness (QED) is 0.593. The van der Waals surface area contributed by atoms with Crippen molar-refractivity contribution in [3.05, 3.63) is 69.0 Å². The summed E-state index contributed by atoms with van der Waals surface area (Å²) in [6.07, 6.45) is 1.43. The van der Waals surface area contributed by atoms with E-state index in [4.69, 9.17) is 23.2 Å². The number of imide groups is 1. The minimum atomic E-state index is -0.475. The molecule has 4 rings (SSSR count). The molecule has 1 aliphatic heterocycles. The van der Waals surface area contributed by atoms with Crippen molar-refractivity contribution in [2.75, 3.05) is 5.32 Å². The van der Waals surface area contributed by atoms with Crippen LogP contribution < -0.4 is 5.32 Å². The normalized spacial score (nSPS) is 13.2. The van der Waals surface area contributed by atoms with Crippen molar-refractivity contribution in [2.24, 2.45) is 0 Å². The predicted octanol–water partition coefficient (Wildman–Crippen LogP) is 4.14. The van der Waals surface area contributed by atoms with Gasteiger partial charge in [-0.15, -0.1) is 0 Å². The highest BCUT2D eigenvalue weighted by atomic mass is 35.5. The van der Waals surface area contributed by atoms with E-state index in [0.29, 0.717) is 22.4 Å². The number of carbonyl (C=O) groups excluding carboxylic acids is 3. The molecule has 3 aromatic rings. The second-order valence-electron chi connectivity index (χ2n) is 7.33. The third kappa shape index (κ3) is 3.68. The van der Waals surface area contributed by atoms with Crippen molar-refractivity contribution in [1.82, 2.24) is 19.7 Å². The van der Waals surface area contributed by atoms with E-state index < -0.39 is 11.8 Å². The highest BCUT2D eigenvalue weighted by molar-refractivity contribution is 6.35. The number of anilines is 1. The van der Waals surface area contributed by atoms with Crippen LogP contribution in [-0.2, 0) is 0 Å². The maximum Gasteiger partial charge on any atom is 0.261 e. The summed E-state index contributed by atoms with van der Waals surface area (Å²) in [5, 5.41) is 7.73. The van der Waals surface area contributed by atoms with Crippen LogP contribution in [-0.4, -0.2) is 43.4 Å². The van der Waals surface area contributed by atoms with Crippen molar-refractivity contribution in [1.29, 1.82) is 0 Å². The first-order valence-electron chi connectivity index (χ1n) is 9.38. The van der Waals surface area contributed by atoms with Crippen molar-refractivity contribution >= 4 is 46.7 Å². The van der Waals surface area contributed by atoms with E-state index >= 15 is 0 Å². The standard InChI is InChI=1S/C21H17Cl2N5O3/c1-10(2)27-20(30)14-5-4-12(7-15(14)21(27)31)19(29)25-17-6-11(3)26-28(17)18-16(23)8-13(22)9-24-18/h4-10H,1-3H3,(H,25,29). The molecular weight excluding hydrogens is 441 g/mol. The molecule has 0 spiro atoms. The molecule has 3 amide bonds. The van der Waals surface area contributed by atoms with Crippen molar-refractivity contribution in [2.45, 2.75) is 26.8 Å². The smallest absolute Gasteiger partial charge is 0.261 e. The Morgan fingerprint density at radius 3 is 2.45 bits per heavy atom. The van der Waals surface area contributed by atoms with Gasteiger partial charge in [-0.3, -0.25) is 19.3 Å². The van der Waals surface area contributed by atoms with Gasteiger partial charge in [-0.1, -0.05) is 23.2 Å². The average molecular weight is 458 g/mol. The lowest BCUT2D eigenvalue weighted by Gasteiger charge is -2.17. The Bertz CT molecular complexity index is 1250. The SMILES string of the molecule is Cc1cc(NC(=O)c2ccc3c(c2)C(=O)N(C(C)C)C3=O)n(-c2ncc(Cl)cc2Cl)n1. The van der Waals surface area contributed by atoms with E-state index in [9.17, 15) is 14.4 Å². The number of pyridine rings is 1. The van der Waals surface area contributed by atoms with Gasteiger partial charge in [0.25, 0.3) is 17.7 Å². The molecular formula is C21H17Cl2N5O3. The lowest BCUT2D eigenvalue weighted by molar-refractivity contribution is 0.0609. The zero-order valence-electron chi connectivity index (χ0n) is 16.8. The second kappa shape index (κ2) is 7.79. The van der Waals surface area contributed by atoms with E-state index in [1.54, 1.807) is 26.8 Å². The lowest BCUT2D eigenvalue weighted by atomic mass is 10.1. The summed E-state index contributed by atoms with van der Waals surface area (Å²) in [6, 6.07) is 7.33. The van der Waals surface area contributed by atoms with Gasteiger partial charge in [-0.05, 0) is 45.0 Å². The van der Waals surface area contributed by atoms with Crippen LogP contribution in [0.2, 0.25) is 10.0 Å². The zero-order chi connectivity index (χ0) is 22.4. The molecule has 3 heterocycles. The summed E-state index contributed by atoms with van der Waals surface area (Å²) < 4.78 is 1.40. The highest BCUT2D eigenvalue weighted by Gasteiger charge is 2.37. The van der Waals surface area contributed by atoms with Crippen LogP contribution in [0.1, 0.15) is 50.6 Å². The number of benzene rings is 1. The average Bonchev–Trinajstić information content (AvgIpc) is 3.18. The van der Waals surface area contributed by atoms with Gasteiger partial charge in [0.1, 0.15) is 5.82 Å². The lowest BCUT2D eigenvalue weighted by Crippen LogP contribution is -2.35. The molecule has 158 valence electrons. The molecule has 2 aromatic heterocycles. The molecule has 0 aliphatic carbocycles. The van der Waals surface area contributed by atoms with Gasteiger partial charge in [-0.25, -0.2) is 4.98 Å². The Morgan fingerprint density at radius 2 is 1.77 bits per heavy atom. The summed E-state index contributed by atoms with van der Waals surface area (Å²) in [6.45, 7) is 5.28. The summed E-state index contributed by atoms with van der Waals surface area (Å²) in [5.41, 5.74) is 1.35. The minimum absolute atomic E-state index is 0.207. The predicted molar refractivity (Wildman–Crippen MR) is 116 cm³/mol. The number of halogens is 2. The maximum absolute atomic E-state index is 12.9. The molecule has 1 aromatic carbocycles. The number of nitrogens with zero attached hydrogens (tertiary/aromatic N) is 4. The van der Waals surface area contributed by atoms with E-state index in [1.165, 1.54) is 40.0 Å². The van der Waals surface area contributed by atoms with Crippen LogP contribution in [0.15, 0.2) is 36.5 Å². The Labute approximate surface area is 187 Å². The van der Waals surface area contributed by atoms with Crippen molar-refractivity contribution in [3.8, 4) is 5.82 Å². The fourth-order valence-corrected chi connectivity index (χ4v) is 3.83. The molecule has 0 bridgehead atoms. The third-order valence-corrected chi connectivity index (χ3v) is 5.24. The molecule has 8 nitrogen and oxygen atoms in total. The van der Waals surface area contributed by atoms with E-state index in [0.717, 1.165) is 0 Å². The summed E-state index contributed by atoms with van der Waals surface area (Å²) in [5.74, 6) is -0.609. The fourth-order valence-electron chi connectivity index (χ4n) is 3.37. The molecule has 1 N–H and O–H groups in total. The number of hydrogen-bond donors (Lipinski definition) is 1. The maximum atomic E-state index is 12.9. The topological polar surface area (TPSA) is 97.2 Å². The van der Waals surface area contributed by atoms with Gasteiger partial charge in [0, 0.05) is 23.9 Å². The summed E-state index contributed by atoms with van der Waals surface area (Å²) in [7, 11) is 0. The van der Waals surface area contributed by atoms with E-state index in [1.807, 2.05) is 0 Å². The Balaban J connectivity index is 1.66. The number of aromatic nitrogens is 3. The first-order valence-corrected chi connectivity index (χ1v) is 10.1. The van der Waals surface area contributed by atoms with Gasteiger partial charge >= 0.3 is 0 Å². The van der Waals surface area contributed by atoms with E-state index in [2.05, 4.69) is 15.4 Å². The van der Waals surface area contributed by atoms with E-state index in [-0.39, 0.29) is 33.7 Å². The molecule has 31 heavy (non-hydrogen) atoms. The summed E-state index contributed by atoms with van der Waals surface area (Å²) in [4.78, 5) is 43.3. The molecule has 1 aliphatic rings. The largest absolute Gasteiger partial charge is 0.306 e. The summed E-state index contributed by atoms with van der Waals surface area (Å²) >= 11 is 12.1. The molecule has 0 radical (unpaired) electrons. The fraction of sp³-hybridized carbons (Fsp3) is 0.190. The number of carbonyl (C=O) groups is 3. The third-order valence-electron chi connectivity index (χ3n) is 4.76. The second-order valence-corrected chi connectivity index (χ2v) is 8.17. The van der Waals surface area contributed by atoms with Crippen LogP contribution in [0.5, 0.6) is 0 Å². The molecule has 0 atom stereocenters. The van der Waals surface area contributed by atoms with Gasteiger partial charge in [0.05, 0.1) is 26.9 Å². The number of hydrogen-bond acceptors (Lipinski definition) is 5. The van der Waals surface area contributed by atoms with Gasteiger partial charge in [-0.2, -0.15) is 9.78 Å². The van der Waals surface area contributed by atoms with Gasteiger partial charge in [0.2, 0.25) is 0 Å². The van der Waals surface area contributed by atoms with Crippen LogP contribution in [0.4, 0.5) is 5.82 Å². The van der Waals surface area contributed by atoms with Gasteiger partial charge < -0.3 is 5.32 Å².